The van der Waals surface area contributed by atoms with E-state index >= 15 is 0 Å². The molecule has 0 radical (unpaired) electrons. The Morgan fingerprint density at radius 2 is 2.00 bits per heavy atom. The molecule has 0 aromatic heterocycles. The monoisotopic (exact) mass is 138 g/mol. The lowest BCUT2D eigenvalue weighted by molar-refractivity contribution is 2.63. The summed E-state index contributed by atoms with van der Waals surface area (Å²) >= 11 is 6.68. The average Bonchev–Trinajstić information content (AvgIpc) is 1.37. The minimum atomic E-state index is 1.61. The van der Waals surface area contributed by atoms with Crippen molar-refractivity contribution in [3.63, 3.8) is 0 Å². The van der Waals surface area contributed by atoms with Crippen molar-refractivity contribution in [2.24, 2.45) is 0 Å². The van der Waals surface area contributed by atoms with Crippen LogP contribution >= 0.6 is 28.6 Å². The van der Waals surface area contributed by atoms with Crippen LogP contribution < -0.4 is 0 Å². The highest BCUT2D eigenvalue weighted by Gasteiger charge is 1.37. The van der Waals surface area contributed by atoms with Crippen LogP contribution in [0.5, 0.6) is 0 Å². The van der Waals surface area contributed by atoms with Crippen LogP contribution in [-0.4, -0.2) is 0 Å². The Morgan fingerprint density at radius 1 is 1.75 bits per heavy atom. The van der Waals surface area contributed by atoms with Crippen LogP contribution in [0, 0.1) is 0 Å². The third kappa shape index (κ3) is 2.57. The van der Waals surface area contributed by atoms with E-state index in [-0.39, 0.29) is 0 Å². The first-order valence-electron chi connectivity index (χ1n) is 0.810. The van der Waals surface area contributed by atoms with Gasteiger partial charge in [0.2, 0.25) is 0 Å². The Hall–Kier alpha value is 0.570. The molecule has 0 heterocycles. The van der Waals surface area contributed by atoms with E-state index in [2.05, 4.69) is 28.6 Å². The van der Waals surface area contributed by atoms with Gasteiger partial charge >= 0.3 is 0 Å². The molecule has 0 spiro atoms. The molecule has 0 saturated carbocycles. The molecular formula is C2H3BrS. The van der Waals surface area contributed by atoms with Crippen molar-refractivity contribution >= 4 is 28.6 Å². The van der Waals surface area contributed by atoms with E-state index in [1.807, 2.05) is 0 Å². The third-order valence-corrected chi connectivity index (χ3v) is 0.878. The van der Waals surface area contributed by atoms with Crippen molar-refractivity contribution < 1.29 is 0 Å². The SMILES string of the molecule is SC=CBr. The van der Waals surface area contributed by atoms with E-state index in [4.69, 9.17) is 0 Å². The molecule has 0 N–H and O–H groups in total. The Morgan fingerprint density at radius 3 is 2.00 bits per heavy atom. The van der Waals surface area contributed by atoms with Crippen LogP contribution in [0.4, 0.5) is 0 Å². The molecule has 0 fully saturated rings. The van der Waals surface area contributed by atoms with Gasteiger partial charge in [0.25, 0.3) is 0 Å². The normalized spacial score (nSPS) is 9.50. The van der Waals surface area contributed by atoms with Crippen LogP contribution in [0.1, 0.15) is 0 Å². The van der Waals surface area contributed by atoms with E-state index in [1.165, 1.54) is 0 Å². The minimum absolute atomic E-state index is 1.61. The Balaban J connectivity index is 2.55. The van der Waals surface area contributed by atoms with Crippen molar-refractivity contribution in [2.45, 2.75) is 0 Å². The zero-order valence-corrected chi connectivity index (χ0v) is 4.46. The molecule has 0 aromatic carbocycles. The molecule has 24 valence electrons. The van der Waals surface area contributed by atoms with Crippen molar-refractivity contribution in [3.8, 4) is 0 Å². The van der Waals surface area contributed by atoms with Crippen LogP contribution in [0.25, 0.3) is 0 Å². The molecule has 4 heavy (non-hydrogen) atoms. The molecule has 0 nitrogen and oxygen atoms in total. The second-order valence-electron chi connectivity index (χ2n) is 0.275. The van der Waals surface area contributed by atoms with Crippen LogP contribution in [0.3, 0.4) is 0 Å². The van der Waals surface area contributed by atoms with Gasteiger partial charge in [0.1, 0.15) is 0 Å². The van der Waals surface area contributed by atoms with Gasteiger partial charge in [-0.05, 0) is 10.4 Å². The van der Waals surface area contributed by atoms with Gasteiger partial charge in [0.05, 0.1) is 0 Å². The summed E-state index contributed by atoms with van der Waals surface area (Å²) in [6, 6.07) is 0. The lowest BCUT2D eigenvalue weighted by atomic mass is 11.3. The van der Waals surface area contributed by atoms with Gasteiger partial charge in [-0.25, -0.2) is 0 Å². The quantitative estimate of drug-likeness (QED) is 0.486. The van der Waals surface area contributed by atoms with E-state index in [0.717, 1.165) is 0 Å². The second kappa shape index (κ2) is 3.57. The topological polar surface area (TPSA) is 0 Å². The van der Waals surface area contributed by atoms with Gasteiger partial charge < -0.3 is 0 Å². The molecule has 0 atom stereocenters. The lowest BCUT2D eigenvalue weighted by Crippen LogP contribution is -1.10. The molecule has 0 rings (SSSR count). The highest BCUT2D eigenvalue weighted by atomic mass is 79.9. The predicted octanol–water partition coefficient (Wildman–Crippen LogP) is 1.78. The summed E-state index contributed by atoms with van der Waals surface area (Å²) in [5, 5.41) is 1.61. The summed E-state index contributed by atoms with van der Waals surface area (Å²) in [5.41, 5.74) is 0. The maximum absolute atomic E-state index is 3.69. The number of hydrogen-bond donors (Lipinski definition) is 1. The van der Waals surface area contributed by atoms with Crippen molar-refractivity contribution in [3.05, 3.63) is 10.4 Å². The van der Waals surface area contributed by atoms with E-state index in [0.29, 0.717) is 0 Å². The molecule has 2 heteroatoms. The largest absolute Gasteiger partial charge is 0.151 e. The summed E-state index contributed by atoms with van der Waals surface area (Å²) in [6.45, 7) is 0. The Kier molecular flexibility index (Phi) is 4.08. The first kappa shape index (κ1) is 4.57. The number of hydrogen-bond acceptors (Lipinski definition) is 1. The van der Waals surface area contributed by atoms with Gasteiger partial charge in [-0.1, -0.05) is 15.9 Å². The highest BCUT2D eigenvalue weighted by Crippen LogP contribution is 1.81. The van der Waals surface area contributed by atoms with Gasteiger partial charge in [0, 0.05) is 0 Å². The van der Waals surface area contributed by atoms with E-state index in [9.17, 15) is 0 Å². The molecule has 0 aromatic rings. The maximum Gasteiger partial charge on any atom is -0.0128 e. The summed E-state index contributed by atoms with van der Waals surface area (Å²) < 4.78 is 0. The number of halogens is 1. The average molecular weight is 139 g/mol. The van der Waals surface area contributed by atoms with E-state index in [1.54, 1.807) is 10.4 Å². The van der Waals surface area contributed by atoms with Gasteiger partial charge in [0.15, 0.2) is 0 Å². The maximum atomic E-state index is 3.69. The van der Waals surface area contributed by atoms with Crippen molar-refractivity contribution in [1.82, 2.24) is 0 Å². The molecular weight excluding hydrogens is 136 g/mol. The zero-order chi connectivity index (χ0) is 3.41. The smallest absolute Gasteiger partial charge is 0.0128 e. The highest BCUT2D eigenvalue weighted by molar-refractivity contribution is 9.11. The van der Waals surface area contributed by atoms with E-state index < -0.39 is 0 Å². The van der Waals surface area contributed by atoms with Crippen LogP contribution in [0.15, 0.2) is 10.4 Å². The fraction of sp³-hybridized carbons (Fsp3) is 0. The Bertz CT molecular complexity index is 21.2. The summed E-state index contributed by atoms with van der Waals surface area (Å²) in [7, 11) is 0. The zero-order valence-electron chi connectivity index (χ0n) is 1.98. The van der Waals surface area contributed by atoms with Crippen LogP contribution in [-0.2, 0) is 0 Å². The summed E-state index contributed by atoms with van der Waals surface area (Å²) in [6.07, 6.45) is 0. The lowest BCUT2D eigenvalue weighted by Gasteiger charge is -1.46. The molecule has 0 unspecified atom stereocenters. The molecule has 0 bridgehead atoms. The molecule has 0 amide bonds. The fourth-order valence-corrected chi connectivity index (χ4v) is 0. The predicted molar refractivity (Wildman–Crippen MR) is 27.1 cm³/mol. The van der Waals surface area contributed by atoms with Gasteiger partial charge in [-0.3, -0.25) is 0 Å². The number of thiol groups is 1. The summed E-state index contributed by atoms with van der Waals surface area (Å²) in [4.78, 5) is 1.68. The van der Waals surface area contributed by atoms with Crippen molar-refractivity contribution in [1.29, 1.82) is 0 Å². The molecule has 0 aliphatic heterocycles. The summed E-state index contributed by atoms with van der Waals surface area (Å²) in [5.74, 6) is 0. The molecule has 0 aliphatic carbocycles. The molecule has 0 saturated heterocycles. The fourth-order valence-electron chi connectivity index (χ4n) is 0. The number of rotatable bonds is 0. The van der Waals surface area contributed by atoms with Gasteiger partial charge in [-0.2, -0.15) is 12.6 Å². The third-order valence-electron chi connectivity index (χ3n) is 0.0563. The van der Waals surface area contributed by atoms with Crippen molar-refractivity contribution in [2.75, 3.05) is 0 Å². The first-order valence-corrected chi connectivity index (χ1v) is 2.24. The second-order valence-corrected chi connectivity index (χ2v) is 1.10. The van der Waals surface area contributed by atoms with Crippen LogP contribution in [0.2, 0.25) is 0 Å². The first-order chi connectivity index (χ1) is 1.91. The standard InChI is InChI=1S/C2H3BrS/c3-1-2-4/h1-2,4H. The minimum Gasteiger partial charge on any atom is -0.151 e. The molecule has 0 aliphatic rings. The Labute approximate surface area is 39.4 Å². The van der Waals surface area contributed by atoms with Gasteiger partial charge in [-0.15, -0.1) is 0 Å².